The summed E-state index contributed by atoms with van der Waals surface area (Å²) in [5.41, 5.74) is 1.23. The number of thioether (sulfide) groups is 1. The fourth-order valence-corrected chi connectivity index (χ4v) is 4.21. The zero-order valence-electron chi connectivity index (χ0n) is 14.5. The van der Waals surface area contributed by atoms with Gasteiger partial charge >= 0.3 is 0 Å². The highest BCUT2D eigenvalue weighted by Gasteiger charge is 2.24. The number of rotatable bonds is 6. The van der Waals surface area contributed by atoms with Crippen molar-refractivity contribution in [3.05, 3.63) is 58.5 Å². The van der Waals surface area contributed by atoms with Crippen molar-refractivity contribution in [1.29, 1.82) is 0 Å². The second-order valence-electron chi connectivity index (χ2n) is 6.73. The number of hydrogen-bond donors (Lipinski definition) is 1. The van der Waals surface area contributed by atoms with Crippen molar-refractivity contribution in [2.75, 3.05) is 0 Å². The van der Waals surface area contributed by atoms with Crippen LogP contribution in [0.4, 0.5) is 0 Å². The van der Waals surface area contributed by atoms with E-state index in [4.69, 9.17) is 16.0 Å². The summed E-state index contributed by atoms with van der Waals surface area (Å²) in [4.78, 5) is 12.4. The van der Waals surface area contributed by atoms with Crippen LogP contribution in [-0.2, 0) is 11.5 Å². The summed E-state index contributed by atoms with van der Waals surface area (Å²) in [6.45, 7) is 2.21. The van der Waals surface area contributed by atoms with Crippen LogP contribution in [0.15, 0.2) is 40.8 Å². The second kappa shape index (κ2) is 8.81. The first-order valence-corrected chi connectivity index (χ1v) is 10.4. The summed E-state index contributed by atoms with van der Waals surface area (Å²) in [6, 6.07) is 11.8. The van der Waals surface area contributed by atoms with E-state index in [1.165, 1.54) is 24.8 Å². The van der Waals surface area contributed by atoms with E-state index in [1.54, 1.807) is 17.8 Å². The number of nitrogens with one attached hydrogen (secondary N) is 1. The molecule has 3 nitrogen and oxygen atoms in total. The zero-order valence-corrected chi connectivity index (χ0v) is 16.0. The first kappa shape index (κ1) is 18.4. The van der Waals surface area contributed by atoms with Gasteiger partial charge < -0.3 is 9.73 Å². The molecule has 1 amide bonds. The predicted molar refractivity (Wildman–Crippen MR) is 104 cm³/mol. The highest BCUT2D eigenvalue weighted by molar-refractivity contribution is 7.97. The molecule has 1 aliphatic carbocycles. The topological polar surface area (TPSA) is 42.2 Å². The van der Waals surface area contributed by atoms with Crippen LogP contribution in [0.2, 0.25) is 5.02 Å². The smallest absolute Gasteiger partial charge is 0.287 e. The lowest BCUT2D eigenvalue weighted by Gasteiger charge is -2.29. The maximum atomic E-state index is 12.4. The van der Waals surface area contributed by atoms with Gasteiger partial charge in [-0.05, 0) is 48.6 Å². The maximum absolute atomic E-state index is 12.4. The molecule has 0 spiro atoms. The first-order chi connectivity index (χ1) is 12.1. The lowest BCUT2D eigenvalue weighted by atomic mass is 9.86. The van der Waals surface area contributed by atoms with Gasteiger partial charge in [0.15, 0.2) is 5.76 Å². The number of benzene rings is 1. The Morgan fingerprint density at radius 1 is 1.16 bits per heavy atom. The predicted octanol–water partition coefficient (Wildman–Crippen LogP) is 5.67. The fourth-order valence-electron chi connectivity index (χ4n) is 3.20. The molecule has 25 heavy (non-hydrogen) atoms. The van der Waals surface area contributed by atoms with Crippen LogP contribution in [-0.4, -0.2) is 11.9 Å². The zero-order chi connectivity index (χ0) is 17.6. The normalized spacial score (nSPS) is 20.4. The van der Waals surface area contributed by atoms with Crippen molar-refractivity contribution in [2.24, 2.45) is 5.92 Å². The Bertz CT molecular complexity index is 698. The van der Waals surface area contributed by atoms with Crippen molar-refractivity contribution in [3.63, 3.8) is 0 Å². The molecule has 0 saturated heterocycles. The van der Waals surface area contributed by atoms with Gasteiger partial charge in [-0.25, -0.2) is 0 Å². The van der Waals surface area contributed by atoms with Gasteiger partial charge in [0.25, 0.3) is 5.91 Å². The summed E-state index contributed by atoms with van der Waals surface area (Å²) in [6.07, 6.45) is 4.72. The van der Waals surface area contributed by atoms with E-state index in [9.17, 15) is 4.79 Å². The quantitative estimate of drug-likeness (QED) is 0.704. The van der Waals surface area contributed by atoms with Crippen molar-refractivity contribution in [3.8, 4) is 0 Å². The Balaban J connectivity index is 1.48. The Hall–Kier alpha value is -1.39. The second-order valence-corrected chi connectivity index (χ2v) is 8.15. The van der Waals surface area contributed by atoms with Gasteiger partial charge in [-0.1, -0.05) is 43.5 Å². The molecule has 134 valence electrons. The molecule has 1 saturated carbocycles. The van der Waals surface area contributed by atoms with E-state index in [2.05, 4.69) is 12.2 Å². The van der Waals surface area contributed by atoms with Crippen LogP contribution in [0, 0.1) is 5.92 Å². The lowest BCUT2D eigenvalue weighted by Crippen LogP contribution is -2.40. The number of carbonyl (C=O) groups is 1. The average molecular weight is 378 g/mol. The van der Waals surface area contributed by atoms with Gasteiger partial charge in [0.05, 0.1) is 5.75 Å². The Morgan fingerprint density at radius 3 is 2.68 bits per heavy atom. The third kappa shape index (κ3) is 5.29. The molecule has 0 bridgehead atoms. The van der Waals surface area contributed by atoms with Crippen LogP contribution in [0.25, 0.3) is 0 Å². The number of hydrogen-bond acceptors (Lipinski definition) is 3. The van der Waals surface area contributed by atoms with Gasteiger partial charge in [0, 0.05) is 16.8 Å². The van der Waals surface area contributed by atoms with Crippen LogP contribution >= 0.6 is 23.4 Å². The molecule has 1 heterocycles. The lowest BCUT2D eigenvalue weighted by molar-refractivity contribution is 0.0880. The van der Waals surface area contributed by atoms with Crippen LogP contribution in [0.1, 0.15) is 54.5 Å². The number of carbonyl (C=O) groups excluding carboxylic acids is 1. The van der Waals surface area contributed by atoms with Gasteiger partial charge in [0.1, 0.15) is 5.76 Å². The Morgan fingerprint density at radius 2 is 1.92 bits per heavy atom. The highest BCUT2D eigenvalue weighted by Crippen LogP contribution is 2.25. The van der Waals surface area contributed by atoms with Crippen molar-refractivity contribution >= 4 is 29.3 Å². The minimum absolute atomic E-state index is 0.0901. The summed E-state index contributed by atoms with van der Waals surface area (Å²) in [7, 11) is 0. The third-order valence-electron chi connectivity index (χ3n) is 4.74. The largest absolute Gasteiger partial charge is 0.455 e. The molecule has 0 radical (unpaired) electrons. The van der Waals surface area contributed by atoms with E-state index in [0.29, 0.717) is 11.7 Å². The summed E-state index contributed by atoms with van der Waals surface area (Å²) < 4.78 is 5.73. The number of halogens is 1. The van der Waals surface area contributed by atoms with Gasteiger partial charge in [-0.15, -0.1) is 11.8 Å². The molecule has 2 atom stereocenters. The minimum Gasteiger partial charge on any atom is -0.455 e. The van der Waals surface area contributed by atoms with E-state index in [1.807, 2.05) is 30.3 Å². The number of amides is 1. The molecular formula is C20H24ClNO2S. The van der Waals surface area contributed by atoms with Crippen molar-refractivity contribution in [2.45, 2.75) is 50.2 Å². The van der Waals surface area contributed by atoms with E-state index in [-0.39, 0.29) is 11.9 Å². The Kier molecular flexibility index (Phi) is 6.49. The van der Waals surface area contributed by atoms with Gasteiger partial charge in [0.2, 0.25) is 0 Å². The molecule has 1 aromatic carbocycles. The Labute approximate surface area is 158 Å². The first-order valence-electron chi connectivity index (χ1n) is 8.83. The van der Waals surface area contributed by atoms with E-state index < -0.39 is 0 Å². The summed E-state index contributed by atoms with van der Waals surface area (Å²) in [5, 5.41) is 3.89. The summed E-state index contributed by atoms with van der Waals surface area (Å²) in [5.74, 6) is 3.34. The maximum Gasteiger partial charge on any atom is 0.287 e. The SMILES string of the molecule is CC1CCCCC1NC(=O)c1ccc(CSCc2ccc(Cl)cc2)o1. The van der Waals surface area contributed by atoms with Gasteiger partial charge in [-0.3, -0.25) is 4.79 Å². The van der Waals surface area contributed by atoms with E-state index in [0.717, 1.165) is 28.7 Å². The summed E-state index contributed by atoms with van der Waals surface area (Å²) >= 11 is 7.65. The molecular weight excluding hydrogens is 354 g/mol. The molecule has 5 heteroatoms. The third-order valence-corrected chi connectivity index (χ3v) is 6.02. The number of furan rings is 1. The molecule has 2 aromatic rings. The molecule has 2 unspecified atom stereocenters. The minimum atomic E-state index is -0.0901. The molecule has 1 aliphatic rings. The highest BCUT2D eigenvalue weighted by atomic mass is 35.5. The van der Waals surface area contributed by atoms with Crippen LogP contribution in [0.5, 0.6) is 0 Å². The molecule has 1 fully saturated rings. The van der Waals surface area contributed by atoms with Crippen LogP contribution < -0.4 is 5.32 Å². The molecule has 1 N–H and O–H groups in total. The van der Waals surface area contributed by atoms with E-state index >= 15 is 0 Å². The molecule has 0 aliphatic heterocycles. The van der Waals surface area contributed by atoms with Crippen LogP contribution in [0.3, 0.4) is 0 Å². The fraction of sp³-hybridized carbons (Fsp3) is 0.450. The molecule has 1 aromatic heterocycles. The van der Waals surface area contributed by atoms with Gasteiger partial charge in [-0.2, -0.15) is 0 Å². The molecule has 3 rings (SSSR count). The monoisotopic (exact) mass is 377 g/mol. The average Bonchev–Trinajstić information content (AvgIpc) is 3.08. The standard InChI is InChI=1S/C20H24ClNO2S/c1-14-4-2-3-5-18(14)22-20(23)19-11-10-17(24-19)13-25-12-15-6-8-16(21)9-7-15/h6-11,14,18H,2-5,12-13H2,1H3,(H,22,23). The van der Waals surface area contributed by atoms with Crippen molar-refractivity contribution < 1.29 is 9.21 Å². The van der Waals surface area contributed by atoms with Crippen molar-refractivity contribution in [1.82, 2.24) is 5.32 Å².